The molecule has 0 bridgehead atoms. The molecule has 1 aromatic carbocycles. The van der Waals surface area contributed by atoms with Crippen molar-refractivity contribution in [3.63, 3.8) is 0 Å². The number of hydrogen-bond donors (Lipinski definition) is 2. The Morgan fingerprint density at radius 3 is 2.73 bits per heavy atom. The van der Waals surface area contributed by atoms with Gasteiger partial charge in [0.15, 0.2) is 12.3 Å². The van der Waals surface area contributed by atoms with Crippen LogP contribution in [0.2, 0.25) is 5.02 Å². The van der Waals surface area contributed by atoms with Crippen LogP contribution in [-0.2, 0) is 4.79 Å². The highest BCUT2D eigenvalue weighted by Gasteiger charge is 2.21. The third-order valence-corrected chi connectivity index (χ3v) is 4.21. The molecule has 2 N–H and O–H groups in total. The summed E-state index contributed by atoms with van der Waals surface area (Å²) in [5.41, 5.74) is -0.641. The van der Waals surface area contributed by atoms with Crippen molar-refractivity contribution >= 4 is 23.4 Å². The van der Waals surface area contributed by atoms with Gasteiger partial charge in [0.05, 0.1) is 11.1 Å². The first-order valence-corrected chi connectivity index (χ1v) is 9.08. The number of halogens is 4. The van der Waals surface area contributed by atoms with Gasteiger partial charge in [0, 0.05) is 32.3 Å². The number of amides is 2. The third-order valence-electron chi connectivity index (χ3n) is 3.90. The number of aliphatic hydroxyl groups excluding tert-OH is 1. The van der Waals surface area contributed by atoms with E-state index in [1.807, 2.05) is 0 Å². The van der Waals surface area contributed by atoms with Gasteiger partial charge in [0.1, 0.15) is 11.6 Å². The number of nitrogens with zero attached hydrogens (tertiary/aromatic N) is 2. The second-order valence-corrected chi connectivity index (χ2v) is 6.66. The van der Waals surface area contributed by atoms with E-state index in [4.69, 9.17) is 16.3 Å². The van der Waals surface area contributed by atoms with Crippen LogP contribution in [0, 0.1) is 5.82 Å². The average molecular weight is 450 g/mol. The maximum Gasteiger partial charge on any atom is 0.292 e. The molecular weight excluding hydrogens is 431 g/mol. The summed E-state index contributed by atoms with van der Waals surface area (Å²) in [6, 6.07) is 4.58. The molecule has 8 nitrogen and oxygen atoms in total. The minimum atomic E-state index is -2.85. The lowest BCUT2D eigenvalue weighted by molar-refractivity contribution is -0.123. The number of carbonyl (C=O) groups is 2. The molecule has 0 saturated carbocycles. The van der Waals surface area contributed by atoms with E-state index >= 15 is 0 Å². The van der Waals surface area contributed by atoms with Crippen molar-refractivity contribution in [3.05, 3.63) is 46.6 Å². The molecule has 0 aliphatic heterocycles. The molecule has 0 radical (unpaired) electrons. The summed E-state index contributed by atoms with van der Waals surface area (Å²) in [5.74, 6) is -2.12. The first kappa shape index (κ1) is 23.5. The standard InChI is InChI=1S/C18H19ClF3N3O5/c1-25(18(28)15-7-14(17(21)22)24-30-15)5-4-10(26)8-23-16(27)9-29-11-2-3-12(19)13(20)6-11/h2-3,6-7,10,17,26H,4-5,8-9H2,1H3,(H,23,27)/t10-/m0/s1. The van der Waals surface area contributed by atoms with Gasteiger partial charge in [-0.1, -0.05) is 16.8 Å². The van der Waals surface area contributed by atoms with Gasteiger partial charge in [0.2, 0.25) is 5.76 Å². The normalized spacial score (nSPS) is 12.0. The van der Waals surface area contributed by atoms with E-state index in [1.165, 1.54) is 24.1 Å². The van der Waals surface area contributed by atoms with Crippen molar-refractivity contribution in [2.24, 2.45) is 0 Å². The highest BCUT2D eigenvalue weighted by molar-refractivity contribution is 6.30. The summed E-state index contributed by atoms with van der Waals surface area (Å²) in [5, 5.41) is 15.4. The van der Waals surface area contributed by atoms with Crippen LogP contribution >= 0.6 is 11.6 Å². The van der Waals surface area contributed by atoms with Gasteiger partial charge in [-0.2, -0.15) is 0 Å². The van der Waals surface area contributed by atoms with Crippen LogP contribution in [0.4, 0.5) is 13.2 Å². The molecule has 30 heavy (non-hydrogen) atoms. The maximum absolute atomic E-state index is 13.3. The van der Waals surface area contributed by atoms with Gasteiger partial charge in [-0.25, -0.2) is 13.2 Å². The van der Waals surface area contributed by atoms with Gasteiger partial charge in [-0.3, -0.25) is 9.59 Å². The third kappa shape index (κ3) is 6.92. The molecule has 0 fully saturated rings. The predicted octanol–water partition coefficient (Wildman–Crippen LogP) is 2.42. The van der Waals surface area contributed by atoms with Crippen LogP contribution in [0.25, 0.3) is 0 Å². The van der Waals surface area contributed by atoms with Crippen LogP contribution in [0.3, 0.4) is 0 Å². The second kappa shape index (κ2) is 10.8. The number of benzene rings is 1. The van der Waals surface area contributed by atoms with Crippen molar-refractivity contribution in [2.75, 3.05) is 26.7 Å². The number of aliphatic hydroxyl groups is 1. The number of hydrogen-bond acceptors (Lipinski definition) is 6. The molecule has 12 heteroatoms. The van der Waals surface area contributed by atoms with Crippen molar-refractivity contribution < 1.29 is 37.1 Å². The Labute approximate surface area is 174 Å². The van der Waals surface area contributed by atoms with E-state index in [-0.39, 0.29) is 36.0 Å². The molecule has 1 aromatic heterocycles. The van der Waals surface area contributed by atoms with Crippen LogP contribution in [0.15, 0.2) is 28.8 Å². The van der Waals surface area contributed by atoms with Gasteiger partial charge in [-0.15, -0.1) is 0 Å². The molecule has 2 aromatic rings. The topological polar surface area (TPSA) is 105 Å². The Balaban J connectivity index is 1.69. The summed E-state index contributed by atoms with van der Waals surface area (Å²) in [4.78, 5) is 25.0. The van der Waals surface area contributed by atoms with Gasteiger partial charge >= 0.3 is 0 Å². The SMILES string of the molecule is CN(CC[C@H](O)CNC(=O)COc1ccc(Cl)c(F)c1)C(=O)c1cc(C(F)F)no1. The summed E-state index contributed by atoms with van der Waals surface area (Å²) in [6.45, 7) is -0.442. The number of ether oxygens (including phenoxy) is 1. The molecular formula is C18H19ClF3N3O5. The van der Waals surface area contributed by atoms with E-state index < -0.39 is 42.5 Å². The number of nitrogens with one attached hydrogen (secondary N) is 1. The smallest absolute Gasteiger partial charge is 0.292 e. The summed E-state index contributed by atoms with van der Waals surface area (Å²) in [7, 11) is 1.40. The quantitative estimate of drug-likeness (QED) is 0.577. The van der Waals surface area contributed by atoms with E-state index in [2.05, 4.69) is 15.0 Å². The van der Waals surface area contributed by atoms with E-state index in [0.717, 1.165) is 12.1 Å². The molecule has 2 rings (SSSR count). The molecule has 1 atom stereocenters. The second-order valence-electron chi connectivity index (χ2n) is 6.25. The number of carbonyl (C=O) groups excluding carboxylic acids is 2. The fourth-order valence-electron chi connectivity index (χ4n) is 2.23. The molecule has 2 amide bonds. The predicted molar refractivity (Wildman–Crippen MR) is 99.0 cm³/mol. The zero-order chi connectivity index (χ0) is 22.3. The molecule has 0 aliphatic carbocycles. The van der Waals surface area contributed by atoms with Crippen LogP contribution in [0.5, 0.6) is 5.75 Å². The molecule has 0 saturated heterocycles. The Morgan fingerprint density at radius 1 is 1.37 bits per heavy atom. The highest BCUT2D eigenvalue weighted by atomic mass is 35.5. The van der Waals surface area contributed by atoms with E-state index in [1.54, 1.807) is 0 Å². The minimum absolute atomic E-state index is 0.0706. The van der Waals surface area contributed by atoms with Gasteiger partial charge in [-0.05, 0) is 18.6 Å². The summed E-state index contributed by atoms with van der Waals surface area (Å²) >= 11 is 5.55. The van der Waals surface area contributed by atoms with Gasteiger partial charge in [0.25, 0.3) is 18.2 Å². The van der Waals surface area contributed by atoms with Crippen LogP contribution in [-0.4, -0.2) is 59.8 Å². The fourth-order valence-corrected chi connectivity index (χ4v) is 2.34. The Morgan fingerprint density at radius 2 is 2.10 bits per heavy atom. The summed E-state index contributed by atoms with van der Waals surface area (Å²) < 4.78 is 48.0. The Kier molecular flexibility index (Phi) is 8.48. The Hall–Kier alpha value is -2.79. The first-order valence-electron chi connectivity index (χ1n) is 8.70. The lowest BCUT2D eigenvalue weighted by atomic mass is 10.2. The minimum Gasteiger partial charge on any atom is -0.484 e. The molecule has 0 unspecified atom stereocenters. The average Bonchev–Trinajstić information content (AvgIpc) is 3.21. The van der Waals surface area contributed by atoms with Crippen LogP contribution < -0.4 is 10.1 Å². The molecule has 1 heterocycles. The van der Waals surface area contributed by atoms with Crippen molar-refractivity contribution in [3.8, 4) is 5.75 Å². The van der Waals surface area contributed by atoms with Crippen molar-refractivity contribution in [1.29, 1.82) is 0 Å². The highest BCUT2D eigenvalue weighted by Crippen LogP contribution is 2.20. The van der Waals surface area contributed by atoms with E-state index in [0.29, 0.717) is 0 Å². The van der Waals surface area contributed by atoms with Gasteiger partial charge < -0.3 is 24.6 Å². The Bertz CT molecular complexity index is 881. The number of alkyl halides is 2. The zero-order valence-electron chi connectivity index (χ0n) is 15.8. The van der Waals surface area contributed by atoms with Crippen molar-refractivity contribution in [2.45, 2.75) is 19.0 Å². The summed E-state index contributed by atoms with van der Waals surface area (Å²) in [6.07, 6.45) is -3.74. The monoisotopic (exact) mass is 449 g/mol. The first-order chi connectivity index (χ1) is 14.2. The van der Waals surface area contributed by atoms with Crippen molar-refractivity contribution in [1.82, 2.24) is 15.4 Å². The molecule has 164 valence electrons. The largest absolute Gasteiger partial charge is 0.484 e. The lowest BCUT2D eigenvalue weighted by Crippen LogP contribution is -2.37. The zero-order valence-corrected chi connectivity index (χ0v) is 16.5. The molecule has 0 spiro atoms. The number of rotatable bonds is 10. The fraction of sp³-hybridized carbons (Fsp3) is 0.389. The van der Waals surface area contributed by atoms with E-state index in [9.17, 15) is 27.9 Å². The molecule has 0 aliphatic rings. The maximum atomic E-state index is 13.3. The van der Waals surface area contributed by atoms with Crippen LogP contribution in [0.1, 0.15) is 29.1 Å². The number of aromatic nitrogens is 1. The lowest BCUT2D eigenvalue weighted by Gasteiger charge is -2.18.